The summed E-state index contributed by atoms with van der Waals surface area (Å²) in [5, 5.41) is 0.495. The maximum absolute atomic E-state index is 5.98. The van der Waals surface area contributed by atoms with Crippen molar-refractivity contribution in [2.45, 2.75) is 51.9 Å². The van der Waals surface area contributed by atoms with Crippen molar-refractivity contribution in [1.29, 1.82) is 0 Å². The Bertz CT molecular complexity index is 225. The van der Waals surface area contributed by atoms with Crippen LogP contribution >= 0.6 is 12.2 Å². The normalized spacial score (nSPS) is 14.9. The molecule has 0 spiro atoms. The highest BCUT2D eigenvalue weighted by Crippen LogP contribution is 2.18. The molecular formula is C13H30N4S. The van der Waals surface area contributed by atoms with Crippen LogP contribution < -0.4 is 5.73 Å². The minimum Gasteiger partial charge on any atom is -0.376 e. The Hall–Kier alpha value is -0.390. The first-order valence-electron chi connectivity index (χ1n) is 6.77. The second-order valence-electron chi connectivity index (χ2n) is 5.21. The first-order valence-corrected chi connectivity index (χ1v) is 7.18. The van der Waals surface area contributed by atoms with E-state index in [1.807, 2.05) is 0 Å². The second-order valence-corrected chi connectivity index (χ2v) is 5.63. The fraction of sp³-hybridized carbons (Fsp3) is 0.923. The van der Waals surface area contributed by atoms with E-state index in [-0.39, 0.29) is 12.3 Å². The molecule has 0 rings (SSSR count). The largest absolute Gasteiger partial charge is 0.376 e. The monoisotopic (exact) mass is 274 g/mol. The van der Waals surface area contributed by atoms with Gasteiger partial charge in [0.05, 0.1) is 12.3 Å². The molecule has 18 heavy (non-hydrogen) atoms. The zero-order valence-corrected chi connectivity index (χ0v) is 13.6. The topological polar surface area (TPSA) is 35.7 Å². The van der Waals surface area contributed by atoms with Gasteiger partial charge in [-0.1, -0.05) is 26.7 Å². The average molecular weight is 274 g/mol. The Morgan fingerprint density at radius 2 is 1.28 bits per heavy atom. The summed E-state index contributed by atoms with van der Waals surface area (Å²) in [6.45, 7) is 4.39. The summed E-state index contributed by atoms with van der Waals surface area (Å²) in [6, 6.07) is 0. The van der Waals surface area contributed by atoms with Crippen molar-refractivity contribution < 1.29 is 0 Å². The summed E-state index contributed by atoms with van der Waals surface area (Å²) >= 11 is 5.29. The van der Waals surface area contributed by atoms with Gasteiger partial charge in [0.1, 0.15) is 0 Å². The summed E-state index contributed by atoms with van der Waals surface area (Å²) in [4.78, 5) is 6.59. The summed E-state index contributed by atoms with van der Waals surface area (Å²) in [7, 11) is 8.35. The predicted molar refractivity (Wildman–Crippen MR) is 83.4 cm³/mol. The van der Waals surface area contributed by atoms with Crippen LogP contribution in [0.25, 0.3) is 0 Å². The number of nitrogens with zero attached hydrogens (tertiary/aromatic N) is 3. The second kappa shape index (κ2) is 8.67. The van der Waals surface area contributed by atoms with E-state index >= 15 is 0 Å². The molecule has 0 aromatic heterocycles. The summed E-state index contributed by atoms with van der Waals surface area (Å²) in [5.41, 5.74) is 5.98. The molecule has 5 heteroatoms. The van der Waals surface area contributed by atoms with Gasteiger partial charge in [0.25, 0.3) is 0 Å². The summed E-state index contributed by atoms with van der Waals surface area (Å²) in [5.74, 6) is 0. The molecule has 0 amide bonds. The molecule has 0 saturated heterocycles. The Morgan fingerprint density at radius 3 is 1.44 bits per heavy atom. The third-order valence-electron chi connectivity index (χ3n) is 3.18. The van der Waals surface area contributed by atoms with E-state index in [0.717, 1.165) is 25.7 Å². The van der Waals surface area contributed by atoms with Crippen molar-refractivity contribution in [3.05, 3.63) is 0 Å². The van der Waals surface area contributed by atoms with Crippen molar-refractivity contribution in [3.8, 4) is 0 Å². The molecule has 0 aliphatic carbocycles. The number of nitrogens with two attached hydrogens (primary N) is 1. The molecule has 2 atom stereocenters. The van der Waals surface area contributed by atoms with Gasteiger partial charge >= 0.3 is 0 Å². The van der Waals surface area contributed by atoms with Crippen molar-refractivity contribution in [1.82, 2.24) is 14.7 Å². The highest BCUT2D eigenvalue weighted by molar-refractivity contribution is 7.80. The molecule has 2 unspecified atom stereocenters. The van der Waals surface area contributed by atoms with E-state index in [9.17, 15) is 0 Å². The fourth-order valence-electron chi connectivity index (χ4n) is 2.30. The number of thiocarbonyl (C=S) groups is 1. The summed E-state index contributed by atoms with van der Waals surface area (Å²) < 4.78 is 0. The molecule has 0 aromatic rings. The van der Waals surface area contributed by atoms with Gasteiger partial charge in [-0.15, -0.1) is 0 Å². The Kier molecular flexibility index (Phi) is 8.48. The van der Waals surface area contributed by atoms with E-state index in [1.165, 1.54) is 0 Å². The molecule has 0 heterocycles. The van der Waals surface area contributed by atoms with Gasteiger partial charge < -0.3 is 10.6 Å². The smallest absolute Gasteiger partial charge is 0.168 e. The van der Waals surface area contributed by atoms with Crippen molar-refractivity contribution in [3.63, 3.8) is 0 Å². The lowest BCUT2D eigenvalue weighted by Gasteiger charge is -2.44. The SMILES string of the molecule is CCCC(N(C)C)N(C(N)=S)C(CCC)N(C)C. The zero-order valence-electron chi connectivity index (χ0n) is 12.8. The lowest BCUT2D eigenvalue weighted by Crippen LogP contribution is -2.58. The van der Waals surface area contributed by atoms with Crippen LogP contribution in [-0.4, -0.2) is 60.3 Å². The van der Waals surface area contributed by atoms with Crippen LogP contribution in [0.15, 0.2) is 0 Å². The van der Waals surface area contributed by atoms with Gasteiger partial charge in [-0.25, -0.2) is 0 Å². The van der Waals surface area contributed by atoms with E-state index < -0.39 is 0 Å². The van der Waals surface area contributed by atoms with Gasteiger partial charge in [0, 0.05) is 0 Å². The van der Waals surface area contributed by atoms with Crippen molar-refractivity contribution in [2.24, 2.45) is 5.73 Å². The van der Waals surface area contributed by atoms with E-state index in [1.54, 1.807) is 0 Å². The number of hydrogen-bond donors (Lipinski definition) is 1. The lowest BCUT2D eigenvalue weighted by molar-refractivity contribution is 0.0331. The van der Waals surface area contributed by atoms with Crippen molar-refractivity contribution in [2.75, 3.05) is 28.2 Å². The van der Waals surface area contributed by atoms with Crippen LogP contribution in [0, 0.1) is 0 Å². The third-order valence-corrected chi connectivity index (χ3v) is 3.39. The predicted octanol–water partition coefficient (Wildman–Crippen LogP) is 1.91. The van der Waals surface area contributed by atoms with Crippen LogP contribution in [0.2, 0.25) is 0 Å². The Balaban J connectivity index is 5.15. The van der Waals surface area contributed by atoms with Gasteiger partial charge in [-0.3, -0.25) is 9.80 Å². The highest BCUT2D eigenvalue weighted by atomic mass is 32.1. The minimum atomic E-state index is 0.270. The molecule has 4 nitrogen and oxygen atoms in total. The number of hydrogen-bond acceptors (Lipinski definition) is 3. The van der Waals surface area contributed by atoms with Gasteiger partial charge in [-0.2, -0.15) is 0 Å². The number of rotatable bonds is 8. The Labute approximate surface area is 118 Å². The molecule has 0 saturated carbocycles. The maximum atomic E-state index is 5.98. The third kappa shape index (κ3) is 5.08. The molecule has 0 aliphatic heterocycles. The quantitative estimate of drug-likeness (QED) is 0.540. The van der Waals surface area contributed by atoms with Crippen LogP contribution in [0.5, 0.6) is 0 Å². The van der Waals surface area contributed by atoms with E-state index in [2.05, 4.69) is 56.7 Å². The average Bonchev–Trinajstić information content (AvgIpc) is 2.26. The van der Waals surface area contributed by atoms with E-state index in [4.69, 9.17) is 18.0 Å². The van der Waals surface area contributed by atoms with E-state index in [0.29, 0.717) is 5.11 Å². The van der Waals surface area contributed by atoms with Crippen LogP contribution in [-0.2, 0) is 0 Å². The summed E-state index contributed by atoms with van der Waals surface area (Å²) in [6.07, 6.45) is 4.91. The first-order chi connectivity index (χ1) is 8.36. The van der Waals surface area contributed by atoms with Gasteiger partial charge in [0.2, 0.25) is 0 Å². The maximum Gasteiger partial charge on any atom is 0.168 e. The van der Waals surface area contributed by atoms with Crippen LogP contribution in [0.4, 0.5) is 0 Å². The lowest BCUT2D eigenvalue weighted by atomic mass is 10.1. The standard InChI is InChI=1S/C13H30N4S/c1-7-9-11(15(3)4)17(13(14)18)12(10-8-2)16(5)6/h11-12H,7-10H2,1-6H3,(H2,14,18). The molecule has 0 radical (unpaired) electrons. The van der Waals surface area contributed by atoms with Crippen LogP contribution in [0.1, 0.15) is 39.5 Å². The molecular weight excluding hydrogens is 244 g/mol. The minimum absolute atomic E-state index is 0.270. The van der Waals surface area contributed by atoms with Gasteiger partial charge in [-0.05, 0) is 53.3 Å². The van der Waals surface area contributed by atoms with Crippen LogP contribution in [0.3, 0.4) is 0 Å². The molecule has 0 bridgehead atoms. The molecule has 108 valence electrons. The zero-order chi connectivity index (χ0) is 14.3. The molecule has 0 aromatic carbocycles. The fourth-order valence-corrected chi connectivity index (χ4v) is 2.54. The highest BCUT2D eigenvalue weighted by Gasteiger charge is 2.29. The molecule has 0 aliphatic rings. The molecule has 2 N–H and O–H groups in total. The Morgan fingerprint density at radius 1 is 0.944 bits per heavy atom. The van der Waals surface area contributed by atoms with Gasteiger partial charge in [0.15, 0.2) is 5.11 Å². The molecule has 0 fully saturated rings. The van der Waals surface area contributed by atoms with Crippen molar-refractivity contribution >= 4 is 17.3 Å². The first kappa shape index (κ1) is 17.6.